The molecule has 2 nitrogen and oxygen atoms in total. The van der Waals surface area contributed by atoms with Crippen LogP contribution in [-0.2, 0) is 4.79 Å². The van der Waals surface area contributed by atoms with Gasteiger partial charge in [-0.1, -0.05) is 45.4 Å². The van der Waals surface area contributed by atoms with Crippen LogP contribution in [0.15, 0.2) is 0 Å². The van der Waals surface area contributed by atoms with Crippen LogP contribution in [0.2, 0.25) is 0 Å². The molecule has 1 atom stereocenters. The quantitative estimate of drug-likeness (QED) is 0.496. The first-order valence-electron chi connectivity index (χ1n) is 6.24. The maximum Gasteiger partial charge on any atom is 0.433 e. The zero-order valence-corrected chi connectivity index (χ0v) is 10.5. The Hall–Kier alpha value is -0.810. The molecule has 0 aromatic rings. The molecule has 0 radical (unpaired) electrons. The van der Waals surface area contributed by atoms with Gasteiger partial charge in [0.05, 0.1) is 0 Å². The molecule has 0 bridgehead atoms. The van der Waals surface area contributed by atoms with Crippen molar-refractivity contribution in [3.63, 3.8) is 0 Å². The molecule has 0 amide bonds. The Bertz CT molecular complexity index is 253. The summed E-state index contributed by atoms with van der Waals surface area (Å²) in [6, 6.07) is 0. The van der Waals surface area contributed by atoms with Gasteiger partial charge >= 0.3 is 17.8 Å². The van der Waals surface area contributed by atoms with Gasteiger partial charge in [-0.3, -0.25) is 0 Å². The maximum absolute atomic E-state index is 13.3. The molecule has 0 aliphatic carbocycles. The van der Waals surface area contributed by atoms with Crippen LogP contribution >= 0.6 is 0 Å². The van der Waals surface area contributed by atoms with Gasteiger partial charge in [-0.05, 0) is 6.42 Å². The molecule has 0 rings (SSSR count). The third kappa shape index (κ3) is 5.23. The summed E-state index contributed by atoms with van der Waals surface area (Å²) in [6.07, 6.45) is -1.21. The highest BCUT2D eigenvalue weighted by Gasteiger charge is 2.61. The van der Waals surface area contributed by atoms with E-state index in [0.29, 0.717) is 12.8 Å². The van der Waals surface area contributed by atoms with Gasteiger partial charge in [-0.15, -0.1) is 0 Å². The second-order valence-corrected chi connectivity index (χ2v) is 4.48. The van der Waals surface area contributed by atoms with E-state index in [9.17, 15) is 22.4 Å². The van der Waals surface area contributed by atoms with E-state index in [0.717, 1.165) is 25.7 Å². The molecule has 0 heterocycles. The van der Waals surface area contributed by atoms with Gasteiger partial charge in [0.25, 0.3) is 0 Å². The zero-order chi connectivity index (χ0) is 14.2. The van der Waals surface area contributed by atoms with Gasteiger partial charge < -0.3 is 5.11 Å². The average Bonchev–Trinajstić information content (AvgIpc) is 2.25. The Labute approximate surface area is 104 Å². The monoisotopic (exact) mass is 272 g/mol. The van der Waals surface area contributed by atoms with Crippen LogP contribution in [0, 0.1) is 0 Å². The molecule has 1 unspecified atom stereocenters. The van der Waals surface area contributed by atoms with Crippen molar-refractivity contribution in [3.05, 3.63) is 0 Å². The van der Waals surface area contributed by atoms with Crippen molar-refractivity contribution < 1.29 is 27.5 Å². The van der Waals surface area contributed by atoms with Crippen LogP contribution < -0.4 is 0 Å². The molecule has 0 spiro atoms. The molecule has 18 heavy (non-hydrogen) atoms. The highest BCUT2D eigenvalue weighted by molar-refractivity contribution is 5.78. The zero-order valence-electron chi connectivity index (χ0n) is 10.5. The van der Waals surface area contributed by atoms with Crippen molar-refractivity contribution in [2.75, 3.05) is 0 Å². The standard InChI is InChI=1S/C12H20F4O2/c1-2-3-4-5-6-7-8-9-11(13,10(17)18)12(14,15)16/h2-9H2,1H3,(H,17,18). The van der Waals surface area contributed by atoms with Gasteiger partial charge in [-0.25, -0.2) is 9.18 Å². The second kappa shape index (κ2) is 7.59. The van der Waals surface area contributed by atoms with Crippen molar-refractivity contribution in [3.8, 4) is 0 Å². The van der Waals surface area contributed by atoms with E-state index < -0.39 is 24.2 Å². The molecule has 0 saturated heterocycles. The smallest absolute Gasteiger partial charge is 0.433 e. The number of unbranched alkanes of at least 4 members (excludes halogenated alkanes) is 6. The minimum Gasteiger partial charge on any atom is -0.479 e. The lowest BCUT2D eigenvalue weighted by Crippen LogP contribution is -2.48. The molecule has 6 heteroatoms. The van der Waals surface area contributed by atoms with Crippen LogP contribution in [-0.4, -0.2) is 22.9 Å². The molecule has 0 aliphatic rings. The van der Waals surface area contributed by atoms with Crippen molar-refractivity contribution in [1.82, 2.24) is 0 Å². The maximum atomic E-state index is 13.3. The van der Waals surface area contributed by atoms with E-state index >= 15 is 0 Å². The van der Waals surface area contributed by atoms with Crippen LogP contribution in [0.25, 0.3) is 0 Å². The Balaban J connectivity index is 3.97. The lowest BCUT2D eigenvalue weighted by Gasteiger charge is -2.23. The summed E-state index contributed by atoms with van der Waals surface area (Å²) in [4.78, 5) is 10.4. The van der Waals surface area contributed by atoms with Gasteiger partial charge in [-0.2, -0.15) is 13.2 Å². The number of carbonyl (C=O) groups is 1. The topological polar surface area (TPSA) is 37.3 Å². The number of hydrogen-bond acceptors (Lipinski definition) is 1. The fourth-order valence-electron chi connectivity index (χ4n) is 1.70. The normalized spacial score (nSPS) is 15.4. The van der Waals surface area contributed by atoms with E-state index in [1.54, 1.807) is 0 Å². The van der Waals surface area contributed by atoms with Crippen LogP contribution in [0.3, 0.4) is 0 Å². The molecule has 0 saturated carbocycles. The van der Waals surface area contributed by atoms with Crippen LogP contribution in [0.4, 0.5) is 17.6 Å². The van der Waals surface area contributed by atoms with Gasteiger partial charge in [0, 0.05) is 6.42 Å². The number of hydrogen-bond donors (Lipinski definition) is 1. The summed E-state index contributed by atoms with van der Waals surface area (Å²) in [7, 11) is 0. The third-order valence-electron chi connectivity index (χ3n) is 2.91. The summed E-state index contributed by atoms with van der Waals surface area (Å²) in [5.74, 6) is -2.44. The van der Waals surface area contributed by atoms with Crippen molar-refractivity contribution in [2.24, 2.45) is 0 Å². The average molecular weight is 272 g/mol. The molecule has 0 aromatic heterocycles. The summed E-state index contributed by atoms with van der Waals surface area (Å²) in [5, 5.41) is 8.35. The Kier molecular flexibility index (Phi) is 7.25. The van der Waals surface area contributed by atoms with E-state index in [1.807, 2.05) is 6.92 Å². The Morgan fingerprint density at radius 2 is 1.39 bits per heavy atom. The van der Waals surface area contributed by atoms with Gasteiger partial charge in [0.1, 0.15) is 0 Å². The van der Waals surface area contributed by atoms with E-state index in [2.05, 4.69) is 0 Å². The Morgan fingerprint density at radius 3 is 1.78 bits per heavy atom. The number of halogens is 4. The molecule has 0 fully saturated rings. The molecular formula is C12H20F4O2. The SMILES string of the molecule is CCCCCCCCCC(F)(C(=O)O)C(F)(F)F. The number of aliphatic carboxylic acids is 1. The summed E-state index contributed by atoms with van der Waals surface area (Å²) >= 11 is 0. The predicted octanol–water partition coefficient (Wildman–Crippen LogP) is 4.48. The predicted molar refractivity (Wildman–Crippen MR) is 60.1 cm³/mol. The molecule has 108 valence electrons. The van der Waals surface area contributed by atoms with E-state index in [4.69, 9.17) is 5.11 Å². The lowest BCUT2D eigenvalue weighted by molar-refractivity contribution is -0.238. The second-order valence-electron chi connectivity index (χ2n) is 4.48. The van der Waals surface area contributed by atoms with Crippen LogP contribution in [0.1, 0.15) is 58.3 Å². The number of carboxylic acids is 1. The highest BCUT2D eigenvalue weighted by Crippen LogP contribution is 2.38. The van der Waals surface area contributed by atoms with Gasteiger partial charge in [0.15, 0.2) is 0 Å². The summed E-state index contributed by atoms with van der Waals surface area (Å²) in [6.45, 7) is 2.05. The number of carboxylic acid groups (broad SMARTS) is 1. The minimum atomic E-state index is -5.35. The van der Waals surface area contributed by atoms with E-state index in [1.165, 1.54) is 0 Å². The number of rotatable bonds is 9. The fraction of sp³-hybridized carbons (Fsp3) is 0.917. The first-order valence-corrected chi connectivity index (χ1v) is 6.24. The van der Waals surface area contributed by atoms with E-state index in [-0.39, 0.29) is 6.42 Å². The first kappa shape index (κ1) is 17.2. The van der Waals surface area contributed by atoms with Crippen LogP contribution in [0.5, 0.6) is 0 Å². The first-order chi connectivity index (χ1) is 8.25. The molecular weight excluding hydrogens is 252 g/mol. The van der Waals surface area contributed by atoms with Crippen molar-refractivity contribution >= 4 is 5.97 Å². The molecule has 0 aliphatic heterocycles. The number of alkyl halides is 4. The summed E-state index contributed by atoms with van der Waals surface area (Å²) < 4.78 is 50.2. The Morgan fingerprint density at radius 1 is 0.944 bits per heavy atom. The lowest BCUT2D eigenvalue weighted by atomic mass is 9.96. The minimum absolute atomic E-state index is 0.0611. The third-order valence-corrected chi connectivity index (χ3v) is 2.91. The van der Waals surface area contributed by atoms with Crippen molar-refractivity contribution in [2.45, 2.75) is 70.1 Å². The molecule has 0 aromatic carbocycles. The van der Waals surface area contributed by atoms with Crippen molar-refractivity contribution in [1.29, 1.82) is 0 Å². The van der Waals surface area contributed by atoms with Gasteiger partial charge in [0.2, 0.25) is 0 Å². The fourth-order valence-corrected chi connectivity index (χ4v) is 1.70. The highest BCUT2D eigenvalue weighted by atomic mass is 19.4. The summed E-state index contributed by atoms with van der Waals surface area (Å²) in [5.41, 5.74) is -4.10. The molecule has 1 N–H and O–H groups in total. The largest absolute Gasteiger partial charge is 0.479 e.